The molecule has 0 spiro atoms. The summed E-state index contributed by atoms with van der Waals surface area (Å²) in [5.74, 6) is -1.99. The minimum atomic E-state index is -4.20. The lowest BCUT2D eigenvalue weighted by atomic mass is 9.87. The second kappa shape index (κ2) is 12.4. The lowest BCUT2D eigenvalue weighted by molar-refractivity contribution is -0.135. The molecule has 11 heteroatoms. The van der Waals surface area contributed by atoms with Crippen LogP contribution in [0, 0.1) is 5.82 Å². The molecule has 0 saturated carbocycles. The molecular weight excluding hydrogens is 549 g/mol. The van der Waals surface area contributed by atoms with Crippen LogP contribution in [0.3, 0.4) is 0 Å². The molecule has 0 aliphatic heterocycles. The molecule has 1 heterocycles. The van der Waals surface area contributed by atoms with Gasteiger partial charge in [0, 0.05) is 6.54 Å². The average molecular weight is 586 g/mol. The van der Waals surface area contributed by atoms with E-state index in [-0.39, 0.29) is 34.9 Å². The van der Waals surface area contributed by atoms with Gasteiger partial charge in [-0.1, -0.05) is 57.2 Å². The Morgan fingerprint density at radius 1 is 0.927 bits per heavy atom. The smallest absolute Gasteiger partial charge is 0.416 e. The molecule has 0 unspecified atom stereocenters. The van der Waals surface area contributed by atoms with Gasteiger partial charge in [0.25, 0.3) is 0 Å². The van der Waals surface area contributed by atoms with Gasteiger partial charge in [-0.2, -0.15) is 4.31 Å². The number of benzene rings is 2. The number of rotatable bonds is 9. The van der Waals surface area contributed by atoms with Crippen LogP contribution in [-0.2, 0) is 38.1 Å². The zero-order chi connectivity index (χ0) is 30.6. The molecule has 41 heavy (non-hydrogen) atoms. The van der Waals surface area contributed by atoms with Gasteiger partial charge in [-0.15, -0.1) is 0 Å². The fourth-order valence-electron chi connectivity index (χ4n) is 3.89. The van der Waals surface area contributed by atoms with E-state index in [2.05, 4.69) is 25.8 Å². The van der Waals surface area contributed by atoms with Crippen LogP contribution >= 0.6 is 0 Å². The summed E-state index contributed by atoms with van der Waals surface area (Å²) in [5, 5.41) is 9.40. The first-order valence-electron chi connectivity index (χ1n) is 13.0. The number of pyridine rings is 1. The number of carbonyl (C=O) groups is 2. The van der Waals surface area contributed by atoms with Crippen molar-refractivity contribution >= 4 is 27.9 Å². The van der Waals surface area contributed by atoms with E-state index < -0.39 is 40.0 Å². The van der Waals surface area contributed by atoms with Crippen LogP contribution in [0.5, 0.6) is 0 Å². The van der Waals surface area contributed by atoms with Crippen molar-refractivity contribution in [2.75, 3.05) is 11.4 Å². The second-order valence-corrected chi connectivity index (χ2v) is 13.6. The third-order valence-corrected chi connectivity index (χ3v) is 7.71. The summed E-state index contributed by atoms with van der Waals surface area (Å²) in [7, 11) is -4.20. The summed E-state index contributed by atoms with van der Waals surface area (Å²) in [6, 6.07) is 16.8. The Hall–Kier alpha value is -3.83. The molecule has 0 atom stereocenters. The fourth-order valence-corrected chi connectivity index (χ4v) is 5.32. The highest BCUT2D eigenvalue weighted by atomic mass is 32.2. The zero-order valence-corrected chi connectivity index (χ0v) is 24.9. The van der Waals surface area contributed by atoms with E-state index in [1.54, 1.807) is 32.9 Å². The normalized spacial score (nSPS) is 12.3. The number of carbonyl (C=O) groups excluding carboxylic acids is 1. The highest BCUT2D eigenvalue weighted by Gasteiger charge is 2.29. The lowest BCUT2D eigenvalue weighted by Gasteiger charge is -2.26. The SMILES string of the molecule is CC(C)(C)OC(=O)N(CC(=O)O)c1cccc(CN(Cc2ccc(C(C)(C)C)cc2)S(=O)(=O)c2cccc(F)c2)n1. The molecule has 1 amide bonds. The summed E-state index contributed by atoms with van der Waals surface area (Å²) in [6.07, 6.45) is -0.910. The summed E-state index contributed by atoms with van der Waals surface area (Å²) in [4.78, 5) is 29.4. The second-order valence-electron chi connectivity index (χ2n) is 11.6. The maximum atomic E-state index is 14.0. The van der Waals surface area contributed by atoms with Gasteiger partial charge in [0.15, 0.2) is 0 Å². The van der Waals surface area contributed by atoms with Crippen molar-refractivity contribution < 1.29 is 32.2 Å². The highest BCUT2D eigenvalue weighted by Crippen LogP contribution is 2.26. The van der Waals surface area contributed by atoms with E-state index in [0.717, 1.165) is 26.9 Å². The van der Waals surface area contributed by atoms with Gasteiger partial charge in [0.05, 0.1) is 17.1 Å². The molecule has 0 aliphatic carbocycles. The minimum Gasteiger partial charge on any atom is -0.480 e. The number of nitrogens with zero attached hydrogens (tertiary/aromatic N) is 3. The number of carboxylic acids is 1. The molecule has 1 aromatic heterocycles. The number of anilines is 1. The number of aliphatic carboxylic acids is 1. The number of aromatic nitrogens is 1. The summed E-state index contributed by atoms with van der Waals surface area (Å²) < 4.78 is 48.0. The van der Waals surface area contributed by atoms with Crippen LogP contribution in [0.25, 0.3) is 0 Å². The third-order valence-electron chi connectivity index (χ3n) is 5.93. The van der Waals surface area contributed by atoms with E-state index in [1.165, 1.54) is 18.2 Å². The largest absolute Gasteiger partial charge is 0.480 e. The van der Waals surface area contributed by atoms with E-state index in [9.17, 15) is 27.5 Å². The highest BCUT2D eigenvalue weighted by molar-refractivity contribution is 7.89. The Bertz CT molecular complexity index is 1500. The number of carboxylic acid groups (broad SMARTS) is 1. The van der Waals surface area contributed by atoms with Crippen LogP contribution in [0.1, 0.15) is 58.4 Å². The van der Waals surface area contributed by atoms with Crippen LogP contribution in [0.2, 0.25) is 0 Å². The van der Waals surface area contributed by atoms with Crippen molar-refractivity contribution in [1.82, 2.24) is 9.29 Å². The van der Waals surface area contributed by atoms with Crippen LogP contribution < -0.4 is 4.90 Å². The molecule has 220 valence electrons. The van der Waals surface area contributed by atoms with Crippen molar-refractivity contribution in [2.45, 2.75) is 70.5 Å². The Labute approximate surface area is 240 Å². The van der Waals surface area contributed by atoms with Gasteiger partial charge < -0.3 is 9.84 Å². The van der Waals surface area contributed by atoms with Gasteiger partial charge in [0.2, 0.25) is 10.0 Å². The predicted molar refractivity (Wildman–Crippen MR) is 153 cm³/mol. The summed E-state index contributed by atoms with van der Waals surface area (Å²) in [5.41, 5.74) is 1.05. The third kappa shape index (κ3) is 8.83. The average Bonchev–Trinajstić information content (AvgIpc) is 2.85. The monoisotopic (exact) mass is 585 g/mol. The maximum absolute atomic E-state index is 14.0. The van der Waals surface area contributed by atoms with Gasteiger partial charge in [-0.05, 0) is 67.6 Å². The van der Waals surface area contributed by atoms with Gasteiger partial charge >= 0.3 is 12.1 Å². The van der Waals surface area contributed by atoms with Crippen LogP contribution in [-0.4, -0.2) is 47.0 Å². The van der Waals surface area contributed by atoms with Gasteiger partial charge in [0.1, 0.15) is 23.8 Å². The van der Waals surface area contributed by atoms with Crippen molar-refractivity contribution in [2.24, 2.45) is 0 Å². The first-order chi connectivity index (χ1) is 19.0. The number of sulfonamides is 1. The molecule has 0 radical (unpaired) electrons. The number of amides is 1. The fraction of sp³-hybridized carbons (Fsp3) is 0.367. The van der Waals surface area contributed by atoms with E-state index in [0.29, 0.717) is 5.56 Å². The van der Waals surface area contributed by atoms with Crippen molar-refractivity contribution in [3.8, 4) is 0 Å². The summed E-state index contributed by atoms with van der Waals surface area (Å²) in [6.45, 7) is 10.2. The molecule has 3 aromatic rings. The molecule has 0 fully saturated rings. The molecule has 9 nitrogen and oxygen atoms in total. The Morgan fingerprint density at radius 3 is 2.12 bits per heavy atom. The van der Waals surface area contributed by atoms with E-state index >= 15 is 0 Å². The van der Waals surface area contributed by atoms with Crippen LogP contribution in [0.15, 0.2) is 71.6 Å². The van der Waals surface area contributed by atoms with Crippen molar-refractivity contribution in [1.29, 1.82) is 0 Å². The number of ether oxygens (including phenoxy) is 1. The predicted octanol–water partition coefficient (Wildman–Crippen LogP) is 5.74. The topological polar surface area (TPSA) is 117 Å². The standard InChI is InChI=1S/C30H36FN3O6S/c1-29(2,3)22-15-13-21(14-16-22)18-33(41(38,39)25-11-7-9-23(31)17-25)19-24-10-8-12-26(32-24)34(20-27(35)36)28(37)40-30(4,5)6/h7-17H,18-20H2,1-6H3,(H,35,36). The molecule has 0 aliphatic rings. The molecule has 0 bridgehead atoms. The van der Waals surface area contributed by atoms with Gasteiger partial charge in [-0.25, -0.2) is 22.6 Å². The quantitative estimate of drug-likeness (QED) is 0.341. The molecule has 3 rings (SSSR count). The molecular formula is C30H36FN3O6S. The first kappa shape index (κ1) is 31.7. The van der Waals surface area contributed by atoms with Crippen molar-refractivity contribution in [3.05, 3.63) is 89.4 Å². The zero-order valence-electron chi connectivity index (χ0n) is 24.1. The molecule has 0 saturated heterocycles. The first-order valence-corrected chi connectivity index (χ1v) is 14.4. The van der Waals surface area contributed by atoms with Crippen LogP contribution in [0.4, 0.5) is 15.0 Å². The number of hydrogen-bond acceptors (Lipinski definition) is 6. The minimum absolute atomic E-state index is 0.0169. The van der Waals surface area contributed by atoms with E-state index in [1.807, 2.05) is 24.3 Å². The van der Waals surface area contributed by atoms with Gasteiger partial charge in [-0.3, -0.25) is 9.69 Å². The Morgan fingerprint density at radius 2 is 1.56 bits per heavy atom. The molecule has 2 aromatic carbocycles. The van der Waals surface area contributed by atoms with Crippen molar-refractivity contribution in [3.63, 3.8) is 0 Å². The Balaban J connectivity index is 2.01. The molecule has 1 N–H and O–H groups in total. The van der Waals surface area contributed by atoms with E-state index in [4.69, 9.17) is 4.74 Å². The lowest BCUT2D eigenvalue weighted by Crippen LogP contribution is -2.40. The summed E-state index contributed by atoms with van der Waals surface area (Å²) >= 11 is 0. The maximum Gasteiger partial charge on any atom is 0.416 e. The number of halogens is 1. The Kier molecular flexibility index (Phi) is 9.55. The number of hydrogen-bond donors (Lipinski definition) is 1.